The molecule has 0 saturated carbocycles. The first-order valence-corrected chi connectivity index (χ1v) is 8.83. The van der Waals surface area contributed by atoms with Crippen LogP contribution in [0, 0.1) is 0 Å². The van der Waals surface area contributed by atoms with Gasteiger partial charge in [-0.3, -0.25) is 0 Å². The van der Waals surface area contributed by atoms with Gasteiger partial charge in [0.25, 0.3) is 0 Å². The van der Waals surface area contributed by atoms with E-state index in [1.807, 2.05) is 0 Å². The van der Waals surface area contributed by atoms with Crippen LogP contribution >= 0.6 is 0 Å². The van der Waals surface area contributed by atoms with E-state index in [9.17, 15) is 0 Å². The number of hydrogen-bond acceptors (Lipinski definition) is 3. The Morgan fingerprint density at radius 2 is 0.857 bits per heavy atom. The number of hydrogen-bond donors (Lipinski definition) is 0. The molecule has 0 aliphatic rings. The van der Waals surface area contributed by atoms with E-state index in [1.54, 1.807) is 0 Å². The summed E-state index contributed by atoms with van der Waals surface area (Å²) in [5, 5.41) is 0. The average molecular weight is 304 g/mol. The van der Waals surface area contributed by atoms with Crippen LogP contribution in [0.4, 0.5) is 0 Å². The average Bonchev–Trinajstić information content (AvgIpc) is 2.51. The summed E-state index contributed by atoms with van der Waals surface area (Å²) < 4.78 is 18.1. The van der Waals surface area contributed by atoms with E-state index in [-0.39, 0.29) is 0 Å². The van der Waals surface area contributed by atoms with Crippen molar-refractivity contribution in [3.63, 3.8) is 0 Å². The molecule has 4 nitrogen and oxygen atoms in total. The van der Waals surface area contributed by atoms with Crippen LogP contribution in [0.1, 0.15) is 47.0 Å². The lowest BCUT2D eigenvalue weighted by Crippen LogP contribution is -2.53. The molecule has 0 heterocycles. The largest absolute Gasteiger partial charge is 0.376 e. The molecule has 128 valence electrons. The van der Waals surface area contributed by atoms with E-state index in [2.05, 4.69) is 27.7 Å². The summed E-state index contributed by atoms with van der Waals surface area (Å²) in [6.45, 7) is 18.1. The minimum atomic E-state index is 0.837. The zero-order valence-electron chi connectivity index (χ0n) is 14.9. The van der Waals surface area contributed by atoms with E-state index in [1.165, 1.54) is 0 Å². The van der Waals surface area contributed by atoms with Gasteiger partial charge >= 0.3 is 0 Å². The number of ether oxygens (including phenoxy) is 3. The molecule has 21 heavy (non-hydrogen) atoms. The van der Waals surface area contributed by atoms with Crippen LogP contribution in [0.15, 0.2) is 0 Å². The van der Waals surface area contributed by atoms with Gasteiger partial charge in [0.05, 0.1) is 26.4 Å². The quantitative estimate of drug-likeness (QED) is 0.324. The highest BCUT2D eigenvalue weighted by atomic mass is 16.5. The highest BCUT2D eigenvalue weighted by Crippen LogP contribution is 2.07. The van der Waals surface area contributed by atoms with E-state index in [4.69, 9.17) is 14.2 Å². The van der Waals surface area contributed by atoms with Crippen LogP contribution in [0.25, 0.3) is 0 Å². The second-order valence-corrected chi connectivity index (χ2v) is 5.67. The third-order valence-corrected chi connectivity index (χ3v) is 3.85. The Hall–Kier alpha value is -0.160. The van der Waals surface area contributed by atoms with Gasteiger partial charge in [0.15, 0.2) is 0 Å². The van der Waals surface area contributed by atoms with Crippen molar-refractivity contribution in [2.24, 2.45) is 0 Å². The maximum Gasteiger partial charge on any atom is 0.103 e. The minimum absolute atomic E-state index is 0.837. The molecule has 0 N–H and O–H groups in total. The molecular weight excluding hydrogens is 266 g/mol. The van der Waals surface area contributed by atoms with Crippen LogP contribution in [-0.4, -0.2) is 70.3 Å². The lowest BCUT2D eigenvalue weighted by atomic mass is 10.3. The fourth-order valence-corrected chi connectivity index (χ4v) is 2.32. The van der Waals surface area contributed by atoms with Gasteiger partial charge in [-0.2, -0.15) is 0 Å². The molecule has 0 fully saturated rings. The zero-order valence-corrected chi connectivity index (χ0v) is 14.9. The lowest BCUT2D eigenvalue weighted by molar-refractivity contribution is -0.927. The van der Waals surface area contributed by atoms with Crippen molar-refractivity contribution in [2.45, 2.75) is 47.0 Å². The molecule has 0 aromatic heterocycles. The van der Waals surface area contributed by atoms with Crippen LogP contribution in [0.2, 0.25) is 0 Å². The number of nitrogens with zero attached hydrogens (tertiary/aromatic N) is 1. The number of likely N-dealkylation sites (N-methyl/N-ethyl adjacent to an activating group) is 1. The number of quaternary nitrogens is 1. The molecule has 0 atom stereocenters. The van der Waals surface area contributed by atoms with Crippen LogP contribution in [-0.2, 0) is 14.2 Å². The molecule has 0 bridgehead atoms. The first-order valence-electron chi connectivity index (χ1n) is 8.83. The minimum Gasteiger partial charge on any atom is -0.376 e. The van der Waals surface area contributed by atoms with Crippen LogP contribution < -0.4 is 0 Å². The molecule has 0 aromatic rings. The Balaban J connectivity index is 4.22. The normalized spacial score (nSPS) is 12.0. The van der Waals surface area contributed by atoms with Gasteiger partial charge in [0.2, 0.25) is 0 Å². The fourth-order valence-electron chi connectivity index (χ4n) is 2.32. The summed E-state index contributed by atoms with van der Waals surface area (Å²) in [5.41, 5.74) is 0. The molecule has 0 spiro atoms. The van der Waals surface area contributed by atoms with Gasteiger partial charge < -0.3 is 18.7 Å². The number of rotatable bonds is 16. The standard InChI is InChI=1S/C17H38NO3/c1-5-12-19-15-9-18(8-4,10-16-20-13-6-2)11-17-21-14-7-3/h5-17H2,1-4H3/q+1. The van der Waals surface area contributed by atoms with E-state index >= 15 is 0 Å². The van der Waals surface area contributed by atoms with E-state index in [0.29, 0.717) is 0 Å². The second kappa shape index (κ2) is 14.8. The molecule has 0 aromatic carbocycles. The Morgan fingerprint density at radius 3 is 1.10 bits per heavy atom. The Kier molecular flexibility index (Phi) is 14.7. The molecule has 0 aliphatic carbocycles. The maximum atomic E-state index is 5.70. The third-order valence-electron chi connectivity index (χ3n) is 3.85. The van der Waals surface area contributed by atoms with Crippen molar-refractivity contribution in [2.75, 3.05) is 65.8 Å². The topological polar surface area (TPSA) is 27.7 Å². The predicted molar refractivity (Wildman–Crippen MR) is 88.7 cm³/mol. The second-order valence-electron chi connectivity index (χ2n) is 5.67. The first kappa shape index (κ1) is 20.8. The Morgan fingerprint density at radius 1 is 0.524 bits per heavy atom. The molecule has 4 heteroatoms. The van der Waals surface area contributed by atoms with Crippen molar-refractivity contribution >= 4 is 0 Å². The molecular formula is C17H38NO3+. The first-order chi connectivity index (χ1) is 10.2. The summed E-state index contributed by atoms with van der Waals surface area (Å²) in [5.74, 6) is 0. The summed E-state index contributed by atoms with van der Waals surface area (Å²) >= 11 is 0. The molecule has 0 saturated heterocycles. The summed E-state index contributed by atoms with van der Waals surface area (Å²) in [6, 6.07) is 0. The highest BCUT2D eigenvalue weighted by molar-refractivity contribution is 4.46. The smallest absolute Gasteiger partial charge is 0.103 e. The highest BCUT2D eigenvalue weighted by Gasteiger charge is 2.24. The van der Waals surface area contributed by atoms with Gasteiger partial charge in [-0.05, 0) is 26.2 Å². The summed E-state index contributed by atoms with van der Waals surface area (Å²) in [6.07, 6.45) is 3.27. The van der Waals surface area contributed by atoms with Gasteiger partial charge in [-0.15, -0.1) is 0 Å². The summed E-state index contributed by atoms with van der Waals surface area (Å²) in [4.78, 5) is 0. The van der Waals surface area contributed by atoms with Crippen molar-refractivity contribution in [1.82, 2.24) is 0 Å². The lowest BCUT2D eigenvalue weighted by Gasteiger charge is -2.37. The third kappa shape index (κ3) is 11.1. The predicted octanol–water partition coefficient (Wildman–Crippen LogP) is 3.10. The maximum absolute atomic E-state index is 5.70. The van der Waals surface area contributed by atoms with E-state index in [0.717, 1.165) is 89.6 Å². The Bertz CT molecular complexity index is 181. The molecule has 0 aliphatic heterocycles. The van der Waals surface area contributed by atoms with Crippen molar-refractivity contribution in [3.8, 4) is 0 Å². The van der Waals surface area contributed by atoms with Gasteiger partial charge in [0, 0.05) is 19.8 Å². The molecule has 0 unspecified atom stereocenters. The Labute approximate surface area is 132 Å². The monoisotopic (exact) mass is 304 g/mol. The molecule has 0 radical (unpaired) electrons. The zero-order chi connectivity index (χ0) is 15.8. The van der Waals surface area contributed by atoms with Crippen LogP contribution in [0.5, 0.6) is 0 Å². The fraction of sp³-hybridized carbons (Fsp3) is 1.00. The van der Waals surface area contributed by atoms with Crippen LogP contribution in [0.3, 0.4) is 0 Å². The van der Waals surface area contributed by atoms with E-state index < -0.39 is 0 Å². The van der Waals surface area contributed by atoms with Crippen molar-refractivity contribution < 1.29 is 18.7 Å². The summed E-state index contributed by atoms with van der Waals surface area (Å²) in [7, 11) is 0. The van der Waals surface area contributed by atoms with Crippen molar-refractivity contribution in [3.05, 3.63) is 0 Å². The molecule has 0 rings (SSSR count). The SMILES string of the molecule is CCCOCC[N+](CC)(CCOCCC)CCOCCC. The molecule has 0 amide bonds. The van der Waals surface area contributed by atoms with Gasteiger partial charge in [-0.25, -0.2) is 0 Å². The van der Waals surface area contributed by atoms with Gasteiger partial charge in [0.1, 0.15) is 19.6 Å². The van der Waals surface area contributed by atoms with Gasteiger partial charge in [-0.1, -0.05) is 20.8 Å². The van der Waals surface area contributed by atoms with Crippen molar-refractivity contribution in [1.29, 1.82) is 0 Å².